The van der Waals surface area contributed by atoms with Crippen molar-refractivity contribution in [3.63, 3.8) is 0 Å². The molecule has 3 atom stereocenters. The van der Waals surface area contributed by atoms with Gasteiger partial charge in [0.1, 0.15) is 0 Å². The minimum absolute atomic E-state index is 0.945. The molecule has 3 nitrogen and oxygen atoms in total. The van der Waals surface area contributed by atoms with Gasteiger partial charge in [-0.15, -0.1) is 0 Å². The van der Waals surface area contributed by atoms with Gasteiger partial charge in [0, 0.05) is 24.8 Å². The summed E-state index contributed by atoms with van der Waals surface area (Å²) in [5, 5.41) is 8.15. The van der Waals surface area contributed by atoms with Crippen molar-refractivity contribution in [1.82, 2.24) is 15.1 Å². The second-order valence-corrected chi connectivity index (χ2v) is 6.34. The lowest BCUT2D eigenvalue weighted by atomic mass is 9.89. The van der Waals surface area contributed by atoms with Crippen molar-refractivity contribution >= 4 is 0 Å². The largest absolute Gasteiger partial charge is 0.312 e. The van der Waals surface area contributed by atoms with E-state index in [1.165, 1.54) is 49.2 Å². The number of nitrogens with one attached hydrogen (secondary N) is 1. The fourth-order valence-corrected chi connectivity index (χ4v) is 4.08. The third-order valence-electron chi connectivity index (χ3n) is 5.25. The predicted molar refractivity (Wildman–Crippen MR) is 73.3 cm³/mol. The average molecular weight is 247 g/mol. The van der Waals surface area contributed by atoms with Crippen LogP contribution in [0.1, 0.15) is 42.6 Å². The van der Waals surface area contributed by atoms with Gasteiger partial charge in [-0.05, 0) is 57.4 Å². The van der Waals surface area contributed by atoms with E-state index in [1.54, 1.807) is 0 Å². The fourth-order valence-electron chi connectivity index (χ4n) is 4.08. The molecule has 0 aliphatic heterocycles. The van der Waals surface area contributed by atoms with Crippen molar-refractivity contribution in [1.29, 1.82) is 0 Å². The number of aryl methyl sites for hydroxylation is 2. The molecule has 0 aromatic carbocycles. The second kappa shape index (κ2) is 4.69. The highest BCUT2D eigenvalue weighted by atomic mass is 15.3. The average Bonchev–Trinajstić information content (AvgIpc) is 3.00. The summed E-state index contributed by atoms with van der Waals surface area (Å²) < 4.78 is 1.99. The van der Waals surface area contributed by atoms with Crippen LogP contribution < -0.4 is 5.32 Å². The van der Waals surface area contributed by atoms with Gasteiger partial charge in [-0.2, -0.15) is 5.10 Å². The van der Waals surface area contributed by atoms with Gasteiger partial charge in [0.15, 0.2) is 0 Å². The van der Waals surface area contributed by atoms with Crippen LogP contribution in [0, 0.1) is 31.6 Å². The maximum absolute atomic E-state index is 4.48. The van der Waals surface area contributed by atoms with Crippen LogP contribution in [0.15, 0.2) is 0 Å². The molecule has 0 spiro atoms. The first-order valence-electron chi connectivity index (χ1n) is 7.35. The summed E-state index contributed by atoms with van der Waals surface area (Å²) in [5.41, 5.74) is 3.86. The van der Waals surface area contributed by atoms with Crippen LogP contribution in [0.4, 0.5) is 0 Å². The van der Waals surface area contributed by atoms with Crippen molar-refractivity contribution in [3.05, 3.63) is 17.0 Å². The first-order valence-corrected chi connectivity index (χ1v) is 7.35. The summed E-state index contributed by atoms with van der Waals surface area (Å²) in [6.45, 7) is 6.46. The Kier molecular flexibility index (Phi) is 3.18. The molecule has 3 rings (SSSR count). The van der Waals surface area contributed by atoms with Gasteiger partial charge < -0.3 is 5.32 Å². The molecule has 0 radical (unpaired) electrons. The van der Waals surface area contributed by atoms with Gasteiger partial charge in [0.2, 0.25) is 0 Å². The highest BCUT2D eigenvalue weighted by Gasteiger charge is 2.38. The molecule has 1 heterocycles. The Balaban J connectivity index is 1.53. The summed E-state index contributed by atoms with van der Waals surface area (Å²) in [4.78, 5) is 0. The number of rotatable bonds is 4. The Bertz CT molecular complexity index is 435. The summed E-state index contributed by atoms with van der Waals surface area (Å²) in [6.07, 6.45) is 5.98. The predicted octanol–water partition coefficient (Wildman–Crippen LogP) is 2.56. The fraction of sp³-hybridized carbons (Fsp3) is 0.800. The summed E-state index contributed by atoms with van der Waals surface area (Å²) in [5.74, 6) is 3.03. The van der Waals surface area contributed by atoms with Crippen LogP contribution in [-0.4, -0.2) is 16.3 Å². The highest BCUT2D eigenvalue weighted by Crippen LogP contribution is 2.47. The first kappa shape index (κ1) is 12.2. The van der Waals surface area contributed by atoms with Gasteiger partial charge in [-0.25, -0.2) is 0 Å². The summed E-state index contributed by atoms with van der Waals surface area (Å²) in [6, 6.07) is 0. The highest BCUT2D eigenvalue weighted by molar-refractivity contribution is 5.23. The number of aromatic nitrogens is 2. The quantitative estimate of drug-likeness (QED) is 0.886. The van der Waals surface area contributed by atoms with Gasteiger partial charge in [-0.1, -0.05) is 6.42 Å². The van der Waals surface area contributed by atoms with E-state index in [0.29, 0.717) is 0 Å². The second-order valence-electron chi connectivity index (χ2n) is 6.34. The van der Waals surface area contributed by atoms with Crippen molar-refractivity contribution in [3.8, 4) is 0 Å². The molecular weight excluding hydrogens is 222 g/mol. The lowest BCUT2D eigenvalue weighted by molar-refractivity contribution is 0.318. The molecule has 0 saturated heterocycles. The minimum Gasteiger partial charge on any atom is -0.312 e. The van der Waals surface area contributed by atoms with Crippen molar-refractivity contribution in [2.24, 2.45) is 24.8 Å². The topological polar surface area (TPSA) is 29.9 Å². The van der Waals surface area contributed by atoms with Crippen molar-refractivity contribution < 1.29 is 0 Å². The van der Waals surface area contributed by atoms with Crippen molar-refractivity contribution in [2.75, 3.05) is 6.54 Å². The first-order chi connectivity index (χ1) is 8.65. The molecule has 0 amide bonds. The van der Waals surface area contributed by atoms with E-state index in [4.69, 9.17) is 0 Å². The van der Waals surface area contributed by atoms with Crippen LogP contribution in [-0.2, 0) is 13.6 Å². The molecule has 3 unspecified atom stereocenters. The van der Waals surface area contributed by atoms with Gasteiger partial charge >= 0.3 is 0 Å². The maximum Gasteiger partial charge on any atom is 0.0641 e. The Morgan fingerprint density at radius 1 is 1.28 bits per heavy atom. The zero-order chi connectivity index (χ0) is 12.7. The van der Waals surface area contributed by atoms with E-state index < -0.39 is 0 Å². The number of hydrogen-bond donors (Lipinski definition) is 1. The molecular formula is C15H25N3. The van der Waals surface area contributed by atoms with E-state index >= 15 is 0 Å². The molecule has 1 aromatic rings. The molecule has 3 heteroatoms. The number of hydrogen-bond acceptors (Lipinski definition) is 2. The van der Waals surface area contributed by atoms with Crippen LogP contribution >= 0.6 is 0 Å². The zero-order valence-corrected chi connectivity index (χ0v) is 11.9. The van der Waals surface area contributed by atoms with Crippen LogP contribution in [0.25, 0.3) is 0 Å². The lowest BCUT2D eigenvalue weighted by Crippen LogP contribution is -2.26. The molecule has 1 N–H and O–H groups in total. The Morgan fingerprint density at radius 3 is 2.67 bits per heavy atom. The van der Waals surface area contributed by atoms with Gasteiger partial charge in [0.25, 0.3) is 0 Å². The standard InChI is InChI=1S/C15H25N3/c1-10-15(11(2)18(3)17-10)9-16-8-14-7-12-4-5-13(14)6-12/h12-14,16H,4-9H2,1-3H3. The van der Waals surface area contributed by atoms with Crippen LogP contribution in [0.3, 0.4) is 0 Å². The van der Waals surface area contributed by atoms with Crippen LogP contribution in [0.2, 0.25) is 0 Å². The lowest BCUT2D eigenvalue weighted by Gasteiger charge is -2.21. The Hall–Kier alpha value is -0.830. The normalized spacial score (nSPS) is 30.3. The maximum atomic E-state index is 4.48. The van der Waals surface area contributed by atoms with E-state index in [0.717, 1.165) is 24.3 Å². The molecule has 2 fully saturated rings. The molecule has 2 bridgehead atoms. The molecule has 2 saturated carbocycles. The van der Waals surface area contributed by atoms with E-state index in [-0.39, 0.29) is 0 Å². The molecule has 2 aliphatic rings. The van der Waals surface area contributed by atoms with Crippen molar-refractivity contribution in [2.45, 2.75) is 46.1 Å². The summed E-state index contributed by atoms with van der Waals surface area (Å²) >= 11 is 0. The van der Waals surface area contributed by atoms with Gasteiger partial charge in [0.05, 0.1) is 5.69 Å². The smallest absolute Gasteiger partial charge is 0.0641 e. The number of nitrogens with zero attached hydrogens (tertiary/aromatic N) is 2. The summed E-state index contributed by atoms with van der Waals surface area (Å²) in [7, 11) is 2.03. The van der Waals surface area contributed by atoms with E-state index in [9.17, 15) is 0 Å². The molecule has 2 aliphatic carbocycles. The third-order valence-corrected chi connectivity index (χ3v) is 5.25. The third kappa shape index (κ3) is 2.09. The molecule has 18 heavy (non-hydrogen) atoms. The SMILES string of the molecule is Cc1nn(C)c(C)c1CNCC1CC2CCC1C2. The molecule has 1 aromatic heterocycles. The monoisotopic (exact) mass is 247 g/mol. The Morgan fingerprint density at radius 2 is 2.11 bits per heavy atom. The minimum atomic E-state index is 0.945. The Labute approximate surface area is 110 Å². The zero-order valence-electron chi connectivity index (χ0n) is 11.9. The van der Waals surface area contributed by atoms with E-state index in [2.05, 4.69) is 24.3 Å². The molecule has 100 valence electrons. The number of fused-ring (bicyclic) bond motifs is 2. The van der Waals surface area contributed by atoms with Crippen LogP contribution in [0.5, 0.6) is 0 Å². The van der Waals surface area contributed by atoms with Gasteiger partial charge in [-0.3, -0.25) is 4.68 Å². The van der Waals surface area contributed by atoms with E-state index in [1.807, 2.05) is 11.7 Å².